The third-order valence-electron chi connectivity index (χ3n) is 6.57. The molecule has 1 saturated heterocycles. The van der Waals surface area contributed by atoms with Crippen molar-refractivity contribution in [2.24, 2.45) is 5.92 Å². The van der Waals surface area contributed by atoms with E-state index in [1.54, 1.807) is 0 Å². The van der Waals surface area contributed by atoms with Gasteiger partial charge in [0.05, 0.1) is 19.1 Å². The van der Waals surface area contributed by atoms with Crippen LogP contribution >= 0.6 is 0 Å². The van der Waals surface area contributed by atoms with Crippen LogP contribution in [0.25, 0.3) is 0 Å². The number of carbonyl (C=O) groups excluding carboxylic acids is 1. The molecular weight excluding hydrogens is 400 g/mol. The SMILES string of the molecule is O=CC(COCCc1cccc(CNC2CCOCC2)c1)CN1CCc2ccccc2C1. The molecule has 2 aromatic rings. The Bertz CT molecular complexity index is 850. The van der Waals surface area contributed by atoms with Crippen molar-refractivity contribution in [3.63, 3.8) is 0 Å². The predicted octanol–water partition coefficient (Wildman–Crippen LogP) is 3.39. The van der Waals surface area contributed by atoms with Crippen LogP contribution in [0.5, 0.6) is 0 Å². The predicted molar refractivity (Wildman–Crippen MR) is 127 cm³/mol. The monoisotopic (exact) mass is 436 g/mol. The van der Waals surface area contributed by atoms with Gasteiger partial charge in [-0.1, -0.05) is 48.5 Å². The van der Waals surface area contributed by atoms with Gasteiger partial charge in [0.2, 0.25) is 0 Å². The minimum Gasteiger partial charge on any atom is -0.381 e. The van der Waals surface area contributed by atoms with Gasteiger partial charge < -0.3 is 19.6 Å². The van der Waals surface area contributed by atoms with E-state index in [1.807, 2.05) is 0 Å². The van der Waals surface area contributed by atoms with Gasteiger partial charge in [0.1, 0.15) is 6.29 Å². The summed E-state index contributed by atoms with van der Waals surface area (Å²) in [7, 11) is 0. The molecule has 0 radical (unpaired) electrons. The highest BCUT2D eigenvalue weighted by molar-refractivity contribution is 5.54. The first-order chi connectivity index (χ1) is 15.8. The molecule has 2 heterocycles. The number of aldehydes is 1. The van der Waals surface area contributed by atoms with E-state index in [9.17, 15) is 4.79 Å². The van der Waals surface area contributed by atoms with Gasteiger partial charge >= 0.3 is 0 Å². The molecular formula is C27H36N2O3. The highest BCUT2D eigenvalue weighted by Crippen LogP contribution is 2.19. The van der Waals surface area contributed by atoms with Crippen LogP contribution in [0, 0.1) is 5.92 Å². The number of benzene rings is 2. The average molecular weight is 437 g/mol. The Labute approximate surface area is 192 Å². The van der Waals surface area contributed by atoms with Gasteiger partial charge in [-0.05, 0) is 47.9 Å². The summed E-state index contributed by atoms with van der Waals surface area (Å²) in [6.45, 7) is 6.46. The summed E-state index contributed by atoms with van der Waals surface area (Å²) < 4.78 is 11.3. The minimum absolute atomic E-state index is 0.0738. The number of rotatable bonds is 11. The van der Waals surface area contributed by atoms with E-state index in [0.717, 1.165) is 71.4 Å². The summed E-state index contributed by atoms with van der Waals surface area (Å²) >= 11 is 0. The molecule has 172 valence electrons. The van der Waals surface area contributed by atoms with Crippen LogP contribution in [-0.2, 0) is 40.2 Å². The molecule has 1 fully saturated rings. The fraction of sp³-hybridized carbons (Fsp3) is 0.519. The number of hydrogen-bond donors (Lipinski definition) is 1. The third-order valence-corrected chi connectivity index (χ3v) is 6.57. The molecule has 4 rings (SSSR count). The van der Waals surface area contributed by atoms with Crippen LogP contribution in [0.4, 0.5) is 0 Å². The van der Waals surface area contributed by atoms with E-state index in [0.29, 0.717) is 19.3 Å². The molecule has 2 aromatic carbocycles. The van der Waals surface area contributed by atoms with Crippen molar-refractivity contribution in [1.82, 2.24) is 10.2 Å². The second kappa shape index (κ2) is 12.3. The molecule has 0 aliphatic carbocycles. The molecule has 2 aliphatic heterocycles. The van der Waals surface area contributed by atoms with E-state index in [2.05, 4.69) is 58.7 Å². The number of fused-ring (bicyclic) bond motifs is 1. The van der Waals surface area contributed by atoms with Crippen LogP contribution in [-0.4, -0.2) is 56.7 Å². The standard InChI is InChI=1S/C27H36N2O3/c30-20-24(18-29-12-8-25-6-1-2-7-26(25)19-29)21-32-13-9-22-4-3-5-23(16-22)17-28-27-10-14-31-15-11-27/h1-7,16,20,24,27-28H,8-15,17-19,21H2. The van der Waals surface area contributed by atoms with Gasteiger partial charge in [0.25, 0.3) is 0 Å². The maximum Gasteiger partial charge on any atom is 0.126 e. The molecule has 1 atom stereocenters. The summed E-state index contributed by atoms with van der Waals surface area (Å²) in [5, 5.41) is 3.65. The summed E-state index contributed by atoms with van der Waals surface area (Å²) in [5.74, 6) is -0.0738. The Morgan fingerprint density at radius 2 is 1.91 bits per heavy atom. The fourth-order valence-corrected chi connectivity index (χ4v) is 4.66. The van der Waals surface area contributed by atoms with E-state index in [1.165, 1.54) is 22.3 Å². The van der Waals surface area contributed by atoms with Crippen LogP contribution in [0.15, 0.2) is 48.5 Å². The van der Waals surface area contributed by atoms with Crippen molar-refractivity contribution in [2.75, 3.05) is 39.5 Å². The number of hydrogen-bond acceptors (Lipinski definition) is 5. The van der Waals surface area contributed by atoms with Crippen LogP contribution < -0.4 is 5.32 Å². The van der Waals surface area contributed by atoms with Crippen molar-refractivity contribution in [3.8, 4) is 0 Å². The zero-order chi connectivity index (χ0) is 22.0. The quantitative estimate of drug-likeness (QED) is 0.432. The number of nitrogens with one attached hydrogen (secondary N) is 1. The van der Waals surface area contributed by atoms with Crippen LogP contribution in [0.3, 0.4) is 0 Å². The summed E-state index contributed by atoms with van der Waals surface area (Å²) in [5.41, 5.74) is 5.42. The molecule has 0 aromatic heterocycles. The average Bonchev–Trinajstić information content (AvgIpc) is 2.85. The Morgan fingerprint density at radius 3 is 2.75 bits per heavy atom. The zero-order valence-corrected chi connectivity index (χ0v) is 19.0. The first-order valence-corrected chi connectivity index (χ1v) is 12.0. The number of carbonyl (C=O) groups is 1. The van der Waals surface area contributed by atoms with Crippen molar-refractivity contribution in [2.45, 2.75) is 44.8 Å². The summed E-state index contributed by atoms with van der Waals surface area (Å²) in [6, 6.07) is 17.9. The number of nitrogens with zero attached hydrogens (tertiary/aromatic N) is 1. The number of ether oxygens (including phenoxy) is 2. The van der Waals surface area contributed by atoms with Crippen LogP contribution in [0.2, 0.25) is 0 Å². The Kier molecular flexibility index (Phi) is 8.86. The molecule has 0 saturated carbocycles. The van der Waals surface area contributed by atoms with Gasteiger partial charge in [-0.15, -0.1) is 0 Å². The Balaban J connectivity index is 1.16. The molecule has 1 N–H and O–H groups in total. The van der Waals surface area contributed by atoms with Crippen molar-refractivity contribution < 1.29 is 14.3 Å². The highest BCUT2D eigenvalue weighted by Gasteiger charge is 2.19. The smallest absolute Gasteiger partial charge is 0.126 e. The topological polar surface area (TPSA) is 50.8 Å². The van der Waals surface area contributed by atoms with Gasteiger partial charge in [0, 0.05) is 45.4 Å². The van der Waals surface area contributed by atoms with Crippen molar-refractivity contribution in [1.29, 1.82) is 0 Å². The normalized spacial score (nSPS) is 18.2. The maximum atomic E-state index is 11.6. The molecule has 1 unspecified atom stereocenters. The zero-order valence-electron chi connectivity index (χ0n) is 19.0. The lowest BCUT2D eigenvalue weighted by atomic mass is 9.99. The molecule has 32 heavy (non-hydrogen) atoms. The van der Waals surface area contributed by atoms with Crippen LogP contribution in [0.1, 0.15) is 35.1 Å². The second-order valence-corrected chi connectivity index (χ2v) is 9.06. The summed E-state index contributed by atoms with van der Waals surface area (Å²) in [6.07, 6.45) is 5.17. The molecule has 2 aliphatic rings. The molecule has 5 heteroatoms. The lowest BCUT2D eigenvalue weighted by Gasteiger charge is -2.30. The maximum absolute atomic E-state index is 11.6. The van der Waals surface area contributed by atoms with E-state index >= 15 is 0 Å². The van der Waals surface area contributed by atoms with Gasteiger partial charge in [-0.2, -0.15) is 0 Å². The van der Waals surface area contributed by atoms with Crippen molar-refractivity contribution in [3.05, 3.63) is 70.8 Å². The van der Waals surface area contributed by atoms with Crippen molar-refractivity contribution >= 4 is 6.29 Å². The van der Waals surface area contributed by atoms with Gasteiger partial charge in [0.15, 0.2) is 0 Å². The first-order valence-electron chi connectivity index (χ1n) is 12.0. The lowest BCUT2D eigenvalue weighted by molar-refractivity contribution is -0.113. The Morgan fingerprint density at radius 1 is 1.09 bits per heavy atom. The fourth-order valence-electron chi connectivity index (χ4n) is 4.66. The lowest BCUT2D eigenvalue weighted by Crippen LogP contribution is -2.36. The minimum atomic E-state index is -0.0738. The second-order valence-electron chi connectivity index (χ2n) is 9.06. The largest absolute Gasteiger partial charge is 0.381 e. The highest BCUT2D eigenvalue weighted by atomic mass is 16.5. The molecule has 0 amide bonds. The third kappa shape index (κ3) is 6.97. The first kappa shape index (κ1) is 23.1. The van der Waals surface area contributed by atoms with E-state index < -0.39 is 0 Å². The molecule has 5 nitrogen and oxygen atoms in total. The van der Waals surface area contributed by atoms with Gasteiger partial charge in [-0.3, -0.25) is 4.90 Å². The van der Waals surface area contributed by atoms with E-state index in [4.69, 9.17) is 9.47 Å². The Hall–Kier alpha value is -2.05. The molecule has 0 spiro atoms. The molecule has 0 bridgehead atoms. The summed E-state index contributed by atoms with van der Waals surface area (Å²) in [4.78, 5) is 14.0. The van der Waals surface area contributed by atoms with E-state index in [-0.39, 0.29) is 5.92 Å². The van der Waals surface area contributed by atoms with Gasteiger partial charge in [-0.25, -0.2) is 0 Å².